The monoisotopic (exact) mass is 200 g/mol. The average Bonchev–Trinajstić information content (AvgIpc) is 2.14. The summed E-state index contributed by atoms with van der Waals surface area (Å²) in [4.78, 5) is 0. The molecule has 2 nitrogen and oxygen atoms in total. The van der Waals surface area contributed by atoms with Crippen LogP contribution >= 0.6 is 11.8 Å². The Morgan fingerprint density at radius 3 is 2.62 bits per heavy atom. The van der Waals surface area contributed by atoms with Crippen molar-refractivity contribution in [1.29, 1.82) is 5.26 Å². The van der Waals surface area contributed by atoms with Crippen LogP contribution in [-0.4, -0.2) is 23.6 Å². The van der Waals surface area contributed by atoms with E-state index in [1.54, 1.807) is 0 Å². The topological polar surface area (TPSA) is 35.8 Å². The van der Waals surface area contributed by atoms with Gasteiger partial charge in [-0.2, -0.15) is 17.0 Å². The number of thioether (sulfide) groups is 1. The standard InChI is InChI=1S/C10H20N2S/c1-4-10(6-7-11)12-9(3)8-13-5-2/h9-10,12H,4-6,8H2,1-3H3. The minimum Gasteiger partial charge on any atom is -0.310 e. The molecule has 0 aliphatic carbocycles. The molecule has 13 heavy (non-hydrogen) atoms. The summed E-state index contributed by atoms with van der Waals surface area (Å²) < 4.78 is 0. The van der Waals surface area contributed by atoms with Crippen molar-refractivity contribution in [2.75, 3.05) is 11.5 Å². The van der Waals surface area contributed by atoms with Gasteiger partial charge in [0.05, 0.1) is 12.5 Å². The van der Waals surface area contributed by atoms with E-state index in [1.165, 1.54) is 5.75 Å². The molecular formula is C10H20N2S. The zero-order valence-electron chi connectivity index (χ0n) is 8.84. The van der Waals surface area contributed by atoms with Crippen molar-refractivity contribution in [3.05, 3.63) is 0 Å². The lowest BCUT2D eigenvalue weighted by Gasteiger charge is -2.19. The van der Waals surface area contributed by atoms with Crippen LogP contribution in [-0.2, 0) is 0 Å². The molecule has 0 amide bonds. The summed E-state index contributed by atoms with van der Waals surface area (Å²) in [5.74, 6) is 2.31. The molecule has 0 aliphatic rings. The van der Waals surface area contributed by atoms with Gasteiger partial charge in [-0.3, -0.25) is 0 Å². The molecule has 0 heterocycles. The Balaban J connectivity index is 3.60. The van der Waals surface area contributed by atoms with Gasteiger partial charge in [-0.1, -0.05) is 13.8 Å². The van der Waals surface area contributed by atoms with Crippen LogP contribution in [0, 0.1) is 11.3 Å². The molecule has 0 bridgehead atoms. The van der Waals surface area contributed by atoms with Gasteiger partial charge in [0.1, 0.15) is 0 Å². The number of nitrogens with one attached hydrogen (secondary N) is 1. The molecule has 0 aliphatic heterocycles. The predicted octanol–water partition coefficient (Wildman–Crippen LogP) is 2.41. The summed E-state index contributed by atoms with van der Waals surface area (Å²) in [7, 11) is 0. The van der Waals surface area contributed by atoms with Crippen LogP contribution in [0.2, 0.25) is 0 Å². The molecule has 0 fully saturated rings. The first kappa shape index (κ1) is 12.8. The number of nitriles is 1. The Morgan fingerprint density at radius 1 is 1.46 bits per heavy atom. The van der Waals surface area contributed by atoms with Gasteiger partial charge < -0.3 is 5.32 Å². The van der Waals surface area contributed by atoms with Gasteiger partial charge in [0.2, 0.25) is 0 Å². The number of rotatable bonds is 7. The van der Waals surface area contributed by atoms with E-state index in [4.69, 9.17) is 5.26 Å². The second kappa shape index (κ2) is 8.40. The minimum atomic E-state index is 0.373. The smallest absolute Gasteiger partial charge is 0.0638 e. The maximum absolute atomic E-state index is 8.56. The highest BCUT2D eigenvalue weighted by Gasteiger charge is 2.08. The molecule has 76 valence electrons. The lowest BCUT2D eigenvalue weighted by atomic mass is 10.1. The first-order valence-electron chi connectivity index (χ1n) is 4.95. The van der Waals surface area contributed by atoms with E-state index in [0.717, 1.165) is 12.2 Å². The maximum atomic E-state index is 8.56. The van der Waals surface area contributed by atoms with E-state index in [-0.39, 0.29) is 0 Å². The lowest BCUT2D eigenvalue weighted by molar-refractivity contribution is 0.461. The van der Waals surface area contributed by atoms with Crippen LogP contribution in [0.1, 0.15) is 33.6 Å². The third-order valence-corrected chi connectivity index (χ3v) is 3.07. The molecule has 1 N–H and O–H groups in total. The zero-order chi connectivity index (χ0) is 10.1. The summed E-state index contributed by atoms with van der Waals surface area (Å²) in [5.41, 5.74) is 0. The number of hydrogen-bond donors (Lipinski definition) is 1. The van der Waals surface area contributed by atoms with Crippen molar-refractivity contribution in [2.24, 2.45) is 0 Å². The minimum absolute atomic E-state index is 0.373. The molecule has 0 aromatic rings. The van der Waals surface area contributed by atoms with Crippen molar-refractivity contribution in [3.8, 4) is 6.07 Å². The fraction of sp³-hybridized carbons (Fsp3) is 0.900. The molecule has 0 rings (SSSR count). The Hall–Kier alpha value is -0.200. The highest BCUT2D eigenvalue weighted by molar-refractivity contribution is 7.99. The second-order valence-electron chi connectivity index (χ2n) is 3.19. The van der Waals surface area contributed by atoms with Crippen LogP contribution in [0.3, 0.4) is 0 Å². The zero-order valence-corrected chi connectivity index (χ0v) is 9.66. The first-order chi connectivity index (χ1) is 6.24. The predicted molar refractivity (Wildman–Crippen MR) is 59.9 cm³/mol. The third kappa shape index (κ3) is 6.92. The molecule has 2 atom stereocenters. The van der Waals surface area contributed by atoms with Gasteiger partial charge in [0.15, 0.2) is 0 Å². The van der Waals surface area contributed by atoms with E-state index in [9.17, 15) is 0 Å². The van der Waals surface area contributed by atoms with E-state index < -0.39 is 0 Å². The normalized spacial score (nSPS) is 14.9. The van der Waals surface area contributed by atoms with Crippen LogP contribution < -0.4 is 5.32 Å². The summed E-state index contributed by atoms with van der Waals surface area (Å²) in [5, 5.41) is 12.0. The van der Waals surface area contributed by atoms with Crippen LogP contribution in [0.15, 0.2) is 0 Å². The average molecular weight is 200 g/mol. The lowest BCUT2D eigenvalue weighted by Crippen LogP contribution is -2.37. The molecule has 0 radical (unpaired) electrons. The highest BCUT2D eigenvalue weighted by Crippen LogP contribution is 2.04. The molecule has 2 unspecified atom stereocenters. The van der Waals surface area contributed by atoms with Gasteiger partial charge in [0.25, 0.3) is 0 Å². The van der Waals surface area contributed by atoms with Crippen molar-refractivity contribution >= 4 is 11.8 Å². The van der Waals surface area contributed by atoms with Crippen molar-refractivity contribution in [1.82, 2.24) is 5.32 Å². The quantitative estimate of drug-likeness (QED) is 0.685. The van der Waals surface area contributed by atoms with Gasteiger partial charge in [0, 0.05) is 17.8 Å². The van der Waals surface area contributed by atoms with Gasteiger partial charge >= 0.3 is 0 Å². The highest BCUT2D eigenvalue weighted by atomic mass is 32.2. The van der Waals surface area contributed by atoms with Crippen LogP contribution in [0.4, 0.5) is 0 Å². The Labute approximate surface area is 86.1 Å². The van der Waals surface area contributed by atoms with Crippen LogP contribution in [0.25, 0.3) is 0 Å². The van der Waals surface area contributed by atoms with Crippen molar-refractivity contribution in [2.45, 2.75) is 45.7 Å². The Bertz CT molecular complexity index is 153. The fourth-order valence-corrected chi connectivity index (χ4v) is 1.86. The Morgan fingerprint density at radius 2 is 2.15 bits per heavy atom. The summed E-state index contributed by atoms with van der Waals surface area (Å²) in [6.07, 6.45) is 1.66. The third-order valence-electron chi connectivity index (χ3n) is 1.92. The molecule has 0 aromatic carbocycles. The first-order valence-corrected chi connectivity index (χ1v) is 6.10. The molecule has 0 aromatic heterocycles. The van der Waals surface area contributed by atoms with E-state index >= 15 is 0 Å². The number of nitrogens with zero attached hydrogens (tertiary/aromatic N) is 1. The largest absolute Gasteiger partial charge is 0.310 e. The molecule has 0 spiro atoms. The summed E-state index contributed by atoms with van der Waals surface area (Å²) in [6.45, 7) is 6.47. The molecular weight excluding hydrogens is 180 g/mol. The van der Waals surface area contributed by atoms with Crippen molar-refractivity contribution in [3.63, 3.8) is 0 Å². The molecule has 3 heteroatoms. The van der Waals surface area contributed by atoms with Gasteiger partial charge in [-0.25, -0.2) is 0 Å². The maximum Gasteiger partial charge on any atom is 0.0638 e. The molecule has 0 saturated carbocycles. The van der Waals surface area contributed by atoms with E-state index in [2.05, 4.69) is 32.2 Å². The van der Waals surface area contributed by atoms with Crippen molar-refractivity contribution < 1.29 is 0 Å². The second-order valence-corrected chi connectivity index (χ2v) is 4.51. The van der Waals surface area contributed by atoms with Gasteiger partial charge in [-0.05, 0) is 19.1 Å². The summed E-state index contributed by atoms with van der Waals surface area (Å²) in [6, 6.07) is 3.10. The van der Waals surface area contributed by atoms with Gasteiger partial charge in [-0.15, -0.1) is 0 Å². The summed E-state index contributed by atoms with van der Waals surface area (Å²) >= 11 is 1.94. The molecule has 0 saturated heterocycles. The Kier molecular flexibility index (Phi) is 8.27. The SMILES string of the molecule is CCSCC(C)NC(CC)CC#N. The van der Waals surface area contributed by atoms with E-state index in [1.807, 2.05) is 11.8 Å². The fourth-order valence-electron chi connectivity index (χ4n) is 1.18. The number of hydrogen-bond acceptors (Lipinski definition) is 3. The van der Waals surface area contributed by atoms with Crippen LogP contribution in [0.5, 0.6) is 0 Å². The van der Waals surface area contributed by atoms with E-state index in [0.29, 0.717) is 18.5 Å².